The molecule has 7 nitrogen and oxygen atoms in total. The first kappa shape index (κ1) is 21.2. The van der Waals surface area contributed by atoms with Gasteiger partial charge in [-0.05, 0) is 36.4 Å². The van der Waals surface area contributed by atoms with Gasteiger partial charge >= 0.3 is 6.61 Å². The summed E-state index contributed by atoms with van der Waals surface area (Å²) < 4.78 is 36.0. The summed E-state index contributed by atoms with van der Waals surface area (Å²) in [4.78, 5) is 20.3. The van der Waals surface area contributed by atoms with Crippen LogP contribution >= 0.6 is 23.5 Å². The molecule has 1 fully saturated rings. The fourth-order valence-electron chi connectivity index (χ4n) is 3.82. The summed E-state index contributed by atoms with van der Waals surface area (Å²) in [6.45, 7) is -1.54. The first-order valence-electron chi connectivity index (χ1n) is 9.73. The molecule has 2 aliphatic heterocycles. The lowest BCUT2D eigenvalue weighted by atomic mass is 9.80. The van der Waals surface area contributed by atoms with Crippen molar-refractivity contribution in [1.29, 1.82) is 0 Å². The van der Waals surface area contributed by atoms with E-state index in [9.17, 15) is 13.6 Å². The minimum absolute atomic E-state index is 0.0730. The van der Waals surface area contributed by atoms with Gasteiger partial charge in [-0.25, -0.2) is 4.09 Å². The average molecular weight is 479 g/mol. The van der Waals surface area contributed by atoms with Gasteiger partial charge in [0.25, 0.3) is 0 Å². The van der Waals surface area contributed by atoms with Crippen molar-refractivity contribution in [3.05, 3.63) is 70.8 Å². The third-order valence-corrected chi connectivity index (χ3v) is 6.57. The number of hydrogen-bond donors (Lipinski definition) is 0. The van der Waals surface area contributed by atoms with Gasteiger partial charge in [-0.3, -0.25) is 9.78 Å². The van der Waals surface area contributed by atoms with Crippen LogP contribution in [0.3, 0.4) is 0 Å². The zero-order valence-corrected chi connectivity index (χ0v) is 18.2. The van der Waals surface area contributed by atoms with Crippen LogP contribution in [-0.2, 0) is 28.0 Å². The Morgan fingerprint density at radius 2 is 2.00 bits per heavy atom. The largest absolute Gasteiger partial charge is 0.435 e. The number of alkyl halides is 2. The number of carbonyl (C=O) groups is 1. The Kier molecular flexibility index (Phi) is 5.52. The number of hydrogen-bond acceptors (Lipinski definition) is 6. The molecule has 0 aliphatic carbocycles. The van der Waals surface area contributed by atoms with Crippen LogP contribution in [0.25, 0.3) is 0 Å². The van der Waals surface area contributed by atoms with Crippen LogP contribution in [0.4, 0.5) is 8.78 Å². The lowest BCUT2D eigenvalue weighted by Crippen LogP contribution is -2.58. The number of amides is 1. The highest BCUT2D eigenvalue weighted by Gasteiger charge is 2.52. The van der Waals surface area contributed by atoms with Crippen LogP contribution < -0.4 is 4.74 Å². The molecule has 1 aromatic carbocycles. The number of benzene rings is 1. The molecule has 1 saturated heterocycles. The standard InChI is InChI=1S/C21H17ClF2N4O3S/c22-16-2-1-7-25-18(16)21(11-30-12-21)19(29)27-8-13-9-28(26-17(13)10-27)32-15-5-3-14(4-6-15)31-20(23)24/h1-7,9,20H,8,10-12H2. The Bertz CT molecular complexity index is 1130. The van der Waals surface area contributed by atoms with Crippen molar-refractivity contribution in [1.82, 2.24) is 19.1 Å². The predicted octanol–water partition coefficient (Wildman–Crippen LogP) is 3.90. The van der Waals surface area contributed by atoms with E-state index in [1.54, 1.807) is 39.4 Å². The highest BCUT2D eigenvalue weighted by Crippen LogP contribution is 2.39. The summed E-state index contributed by atoms with van der Waals surface area (Å²) >= 11 is 7.66. The molecule has 0 N–H and O–H groups in total. The first-order chi connectivity index (χ1) is 15.4. The van der Waals surface area contributed by atoms with Crippen LogP contribution in [0, 0.1) is 0 Å². The Hall–Kier alpha value is -2.69. The molecule has 0 bridgehead atoms. The van der Waals surface area contributed by atoms with E-state index in [-0.39, 0.29) is 24.9 Å². The summed E-state index contributed by atoms with van der Waals surface area (Å²) in [5.41, 5.74) is 1.44. The molecule has 0 unspecified atom stereocenters. The molecule has 4 heterocycles. The second kappa shape index (κ2) is 8.34. The zero-order valence-electron chi connectivity index (χ0n) is 16.6. The molecular weight excluding hydrogens is 462 g/mol. The molecule has 0 atom stereocenters. The van der Waals surface area contributed by atoms with Crippen molar-refractivity contribution in [3.63, 3.8) is 0 Å². The van der Waals surface area contributed by atoms with Crippen molar-refractivity contribution in [3.8, 4) is 5.75 Å². The molecule has 166 valence electrons. The normalized spacial score (nSPS) is 16.7. The second-order valence-electron chi connectivity index (χ2n) is 7.51. The van der Waals surface area contributed by atoms with Gasteiger partial charge in [0.2, 0.25) is 5.91 Å². The minimum Gasteiger partial charge on any atom is -0.435 e. The van der Waals surface area contributed by atoms with Crippen molar-refractivity contribution < 1.29 is 23.0 Å². The van der Waals surface area contributed by atoms with Crippen molar-refractivity contribution in [2.45, 2.75) is 30.0 Å². The molecule has 1 amide bonds. The SMILES string of the molecule is O=C(N1Cc2cn(Sc3ccc(OC(F)F)cc3)nc2C1)C1(c2ncccc2Cl)COC1. The van der Waals surface area contributed by atoms with Gasteiger partial charge in [0.05, 0.1) is 36.2 Å². The smallest absolute Gasteiger partial charge is 0.387 e. The van der Waals surface area contributed by atoms with Gasteiger partial charge in [-0.1, -0.05) is 11.6 Å². The number of nitrogens with zero attached hydrogens (tertiary/aromatic N) is 4. The highest BCUT2D eigenvalue weighted by molar-refractivity contribution is 7.97. The summed E-state index contributed by atoms with van der Waals surface area (Å²) in [5, 5.41) is 5.02. The quantitative estimate of drug-likeness (QED) is 0.535. The highest BCUT2D eigenvalue weighted by atomic mass is 35.5. The van der Waals surface area contributed by atoms with Crippen molar-refractivity contribution in [2.75, 3.05) is 13.2 Å². The van der Waals surface area contributed by atoms with E-state index in [0.29, 0.717) is 23.8 Å². The Labute approximate surface area is 191 Å². The fraction of sp³-hybridized carbons (Fsp3) is 0.286. The van der Waals surface area contributed by atoms with E-state index in [4.69, 9.17) is 16.3 Å². The molecule has 2 aliphatic rings. The number of aromatic nitrogens is 3. The zero-order chi connectivity index (χ0) is 22.3. The Morgan fingerprint density at radius 1 is 1.22 bits per heavy atom. The summed E-state index contributed by atoms with van der Waals surface area (Å²) in [6.07, 6.45) is 3.50. The third-order valence-electron chi connectivity index (χ3n) is 5.41. The molecular formula is C21H17ClF2N4O3S. The molecule has 0 radical (unpaired) electrons. The number of rotatable bonds is 6. The number of pyridine rings is 1. The molecule has 0 saturated carbocycles. The van der Waals surface area contributed by atoms with Crippen LogP contribution in [0.2, 0.25) is 5.02 Å². The van der Waals surface area contributed by atoms with E-state index in [0.717, 1.165) is 16.2 Å². The van der Waals surface area contributed by atoms with Crippen molar-refractivity contribution in [2.24, 2.45) is 0 Å². The predicted molar refractivity (Wildman–Crippen MR) is 113 cm³/mol. The third kappa shape index (κ3) is 3.82. The fourth-order valence-corrected chi connectivity index (χ4v) is 4.91. The van der Waals surface area contributed by atoms with E-state index in [1.165, 1.54) is 24.1 Å². The van der Waals surface area contributed by atoms with E-state index in [2.05, 4.69) is 14.8 Å². The minimum atomic E-state index is -2.85. The summed E-state index contributed by atoms with van der Waals surface area (Å²) in [7, 11) is 0. The number of ether oxygens (including phenoxy) is 2. The van der Waals surface area contributed by atoms with E-state index < -0.39 is 12.0 Å². The van der Waals surface area contributed by atoms with Gasteiger partial charge in [0.15, 0.2) is 0 Å². The maximum atomic E-state index is 13.4. The van der Waals surface area contributed by atoms with E-state index >= 15 is 0 Å². The number of halogens is 3. The summed E-state index contributed by atoms with van der Waals surface area (Å²) in [6, 6.07) is 9.78. The molecule has 11 heteroatoms. The van der Waals surface area contributed by atoms with Crippen molar-refractivity contribution >= 4 is 29.5 Å². The van der Waals surface area contributed by atoms with Gasteiger partial charge in [0, 0.05) is 41.3 Å². The summed E-state index contributed by atoms with van der Waals surface area (Å²) in [5.74, 6) is 0.0274. The average Bonchev–Trinajstić information content (AvgIpc) is 3.28. The number of fused-ring (bicyclic) bond motifs is 1. The molecule has 5 rings (SSSR count). The molecule has 32 heavy (non-hydrogen) atoms. The molecule has 3 aromatic rings. The monoisotopic (exact) mass is 478 g/mol. The maximum Gasteiger partial charge on any atom is 0.387 e. The Balaban J connectivity index is 1.27. The maximum absolute atomic E-state index is 13.4. The lowest BCUT2D eigenvalue weighted by Gasteiger charge is -2.41. The molecule has 0 spiro atoms. The Morgan fingerprint density at radius 3 is 2.62 bits per heavy atom. The second-order valence-corrected chi connectivity index (χ2v) is 8.95. The van der Waals surface area contributed by atoms with Crippen LogP contribution in [0.1, 0.15) is 17.0 Å². The van der Waals surface area contributed by atoms with Gasteiger partial charge in [0.1, 0.15) is 11.2 Å². The topological polar surface area (TPSA) is 69.5 Å². The van der Waals surface area contributed by atoms with Crippen LogP contribution in [-0.4, -0.2) is 44.8 Å². The van der Waals surface area contributed by atoms with Gasteiger partial charge < -0.3 is 14.4 Å². The number of carbonyl (C=O) groups excluding carboxylic acids is 1. The van der Waals surface area contributed by atoms with Crippen LogP contribution in [0.5, 0.6) is 5.75 Å². The van der Waals surface area contributed by atoms with E-state index in [1.807, 2.05) is 6.20 Å². The lowest BCUT2D eigenvalue weighted by molar-refractivity contribution is -0.157. The first-order valence-corrected chi connectivity index (χ1v) is 10.9. The molecule has 2 aromatic heterocycles. The van der Waals surface area contributed by atoms with Gasteiger partial charge in [-0.2, -0.15) is 13.9 Å². The van der Waals surface area contributed by atoms with Gasteiger partial charge in [-0.15, -0.1) is 0 Å². The van der Waals surface area contributed by atoms with Crippen LogP contribution in [0.15, 0.2) is 53.7 Å².